The molecule has 2 aromatic rings. The number of pyridine rings is 1. The molecule has 88 valence electrons. The minimum Gasteiger partial charge on any atom is -0.381 e. The molecule has 17 heavy (non-hydrogen) atoms. The molecule has 0 aliphatic rings. The van der Waals surface area contributed by atoms with Crippen LogP contribution in [0, 0.1) is 0 Å². The zero-order chi connectivity index (χ0) is 12.3. The summed E-state index contributed by atoms with van der Waals surface area (Å²) >= 11 is 0. The second-order valence-corrected chi connectivity index (χ2v) is 3.69. The first-order valence-electron chi connectivity index (χ1n) is 5.24. The van der Waals surface area contributed by atoms with Crippen molar-refractivity contribution in [2.24, 2.45) is 5.73 Å². The van der Waals surface area contributed by atoms with Crippen molar-refractivity contribution in [2.45, 2.75) is 6.10 Å². The van der Waals surface area contributed by atoms with Gasteiger partial charge >= 0.3 is 0 Å². The number of amides is 1. The van der Waals surface area contributed by atoms with Gasteiger partial charge in [-0.3, -0.25) is 4.79 Å². The molecule has 4 N–H and O–H groups in total. The molecule has 0 aliphatic heterocycles. The summed E-state index contributed by atoms with van der Waals surface area (Å²) in [5, 5.41) is 13.1. The van der Waals surface area contributed by atoms with E-state index in [4.69, 9.17) is 5.73 Å². The number of benzene rings is 1. The molecule has 1 amide bonds. The largest absolute Gasteiger partial charge is 0.381 e. The van der Waals surface area contributed by atoms with Crippen LogP contribution in [0.1, 0.15) is 0 Å². The molecule has 0 fully saturated rings. The fraction of sp³-hybridized carbons (Fsp3) is 0.167. The molecule has 0 bridgehead atoms. The van der Waals surface area contributed by atoms with Crippen molar-refractivity contribution in [3.8, 4) is 0 Å². The lowest BCUT2D eigenvalue weighted by atomic mass is 10.2. The number of aromatic nitrogens is 1. The van der Waals surface area contributed by atoms with Crippen LogP contribution in [-0.2, 0) is 4.79 Å². The van der Waals surface area contributed by atoms with Gasteiger partial charge in [0.25, 0.3) is 0 Å². The Morgan fingerprint density at radius 3 is 2.88 bits per heavy atom. The van der Waals surface area contributed by atoms with Gasteiger partial charge < -0.3 is 16.2 Å². The molecule has 0 spiro atoms. The summed E-state index contributed by atoms with van der Waals surface area (Å²) in [5.41, 5.74) is 5.79. The third-order valence-electron chi connectivity index (χ3n) is 2.40. The number of aliphatic hydroxyl groups is 1. The number of nitrogens with zero attached hydrogens (tertiary/aromatic N) is 1. The number of hydrogen-bond donors (Lipinski definition) is 3. The highest BCUT2D eigenvalue weighted by Gasteiger charge is 2.10. The van der Waals surface area contributed by atoms with Crippen molar-refractivity contribution in [1.82, 2.24) is 4.98 Å². The normalized spacial score (nSPS) is 12.3. The third-order valence-corrected chi connectivity index (χ3v) is 2.40. The first kappa shape index (κ1) is 11.3. The SMILES string of the molecule is NC(=O)C(O)CNc1ccc2ccccc2n1. The zero-order valence-electron chi connectivity index (χ0n) is 9.13. The Bertz CT molecular complexity index is 542. The van der Waals surface area contributed by atoms with E-state index in [2.05, 4.69) is 10.3 Å². The van der Waals surface area contributed by atoms with Crippen molar-refractivity contribution < 1.29 is 9.90 Å². The van der Waals surface area contributed by atoms with Crippen LogP contribution in [0.25, 0.3) is 10.9 Å². The monoisotopic (exact) mass is 231 g/mol. The Morgan fingerprint density at radius 1 is 1.35 bits per heavy atom. The molecule has 0 aliphatic carbocycles. The summed E-state index contributed by atoms with van der Waals surface area (Å²) in [6.07, 6.45) is -1.21. The Hall–Kier alpha value is -2.14. The quantitative estimate of drug-likeness (QED) is 0.714. The minimum absolute atomic E-state index is 0.0562. The Labute approximate surface area is 98.3 Å². The number of hydrogen-bond acceptors (Lipinski definition) is 4. The summed E-state index contributed by atoms with van der Waals surface area (Å²) in [7, 11) is 0. The van der Waals surface area contributed by atoms with E-state index in [1.807, 2.05) is 30.3 Å². The van der Waals surface area contributed by atoms with E-state index in [0.717, 1.165) is 10.9 Å². The van der Waals surface area contributed by atoms with Gasteiger partial charge in [-0.1, -0.05) is 18.2 Å². The number of nitrogens with two attached hydrogens (primary N) is 1. The number of primary amides is 1. The summed E-state index contributed by atoms with van der Waals surface area (Å²) in [6.45, 7) is 0.0562. The topological polar surface area (TPSA) is 88.2 Å². The summed E-state index contributed by atoms with van der Waals surface area (Å²) in [5.74, 6) is -0.151. The average molecular weight is 231 g/mol. The molecule has 5 nitrogen and oxygen atoms in total. The maximum atomic E-state index is 10.6. The highest BCUT2D eigenvalue weighted by Crippen LogP contribution is 2.14. The Morgan fingerprint density at radius 2 is 2.12 bits per heavy atom. The first-order valence-corrected chi connectivity index (χ1v) is 5.24. The van der Waals surface area contributed by atoms with Crippen LogP contribution in [0.3, 0.4) is 0 Å². The number of para-hydroxylation sites is 1. The van der Waals surface area contributed by atoms with Gasteiger partial charge in [0.1, 0.15) is 11.9 Å². The van der Waals surface area contributed by atoms with Gasteiger partial charge in [-0.2, -0.15) is 0 Å². The maximum absolute atomic E-state index is 10.6. The van der Waals surface area contributed by atoms with Gasteiger partial charge in [-0.25, -0.2) is 4.98 Å². The molecular formula is C12H13N3O2. The van der Waals surface area contributed by atoms with Crippen LogP contribution < -0.4 is 11.1 Å². The van der Waals surface area contributed by atoms with Gasteiger partial charge in [0.2, 0.25) is 5.91 Å². The second kappa shape index (κ2) is 4.80. The van der Waals surface area contributed by atoms with Crippen molar-refractivity contribution in [2.75, 3.05) is 11.9 Å². The molecule has 1 unspecified atom stereocenters. The summed E-state index contributed by atoms with van der Waals surface area (Å²) in [4.78, 5) is 15.0. The van der Waals surface area contributed by atoms with Gasteiger partial charge in [-0.15, -0.1) is 0 Å². The van der Waals surface area contributed by atoms with E-state index in [9.17, 15) is 9.90 Å². The number of carbonyl (C=O) groups excluding carboxylic acids is 1. The number of rotatable bonds is 4. The van der Waals surface area contributed by atoms with E-state index in [-0.39, 0.29) is 6.54 Å². The van der Waals surface area contributed by atoms with Crippen LogP contribution >= 0.6 is 0 Å². The molecule has 1 aromatic heterocycles. The third kappa shape index (κ3) is 2.70. The molecule has 1 heterocycles. The van der Waals surface area contributed by atoms with Crippen LogP contribution in [0.15, 0.2) is 36.4 Å². The van der Waals surface area contributed by atoms with Gasteiger partial charge in [0.15, 0.2) is 0 Å². The molecule has 0 saturated carbocycles. The Balaban J connectivity index is 2.12. The predicted molar refractivity (Wildman–Crippen MR) is 65.4 cm³/mol. The lowest BCUT2D eigenvalue weighted by Gasteiger charge is -2.09. The van der Waals surface area contributed by atoms with E-state index >= 15 is 0 Å². The zero-order valence-corrected chi connectivity index (χ0v) is 9.13. The van der Waals surface area contributed by atoms with Crippen molar-refractivity contribution in [3.63, 3.8) is 0 Å². The van der Waals surface area contributed by atoms with E-state index in [0.29, 0.717) is 5.82 Å². The predicted octanol–water partition coefficient (Wildman–Crippen LogP) is 0.493. The van der Waals surface area contributed by atoms with Crippen molar-refractivity contribution in [1.29, 1.82) is 0 Å². The summed E-state index contributed by atoms with van der Waals surface area (Å²) < 4.78 is 0. The number of carbonyl (C=O) groups is 1. The van der Waals surface area contributed by atoms with Gasteiger partial charge in [-0.05, 0) is 18.2 Å². The fourth-order valence-electron chi connectivity index (χ4n) is 1.47. The average Bonchev–Trinajstić information content (AvgIpc) is 2.35. The van der Waals surface area contributed by atoms with E-state index in [1.54, 1.807) is 6.07 Å². The molecular weight excluding hydrogens is 218 g/mol. The summed E-state index contributed by atoms with van der Waals surface area (Å²) in [6, 6.07) is 11.4. The molecule has 0 radical (unpaired) electrons. The van der Waals surface area contributed by atoms with Crippen LogP contribution in [0.2, 0.25) is 0 Å². The highest BCUT2D eigenvalue weighted by molar-refractivity contribution is 5.81. The van der Waals surface area contributed by atoms with Crippen molar-refractivity contribution >= 4 is 22.6 Å². The fourth-order valence-corrected chi connectivity index (χ4v) is 1.47. The number of fused-ring (bicyclic) bond motifs is 1. The number of aliphatic hydroxyl groups excluding tert-OH is 1. The molecule has 1 aromatic carbocycles. The van der Waals surface area contributed by atoms with Crippen LogP contribution in [0.5, 0.6) is 0 Å². The van der Waals surface area contributed by atoms with Crippen LogP contribution in [0.4, 0.5) is 5.82 Å². The smallest absolute Gasteiger partial charge is 0.248 e. The number of anilines is 1. The standard InChI is InChI=1S/C12H13N3O2/c13-12(17)10(16)7-14-11-6-5-8-3-1-2-4-9(8)15-11/h1-6,10,16H,7H2,(H2,13,17)(H,14,15). The maximum Gasteiger partial charge on any atom is 0.248 e. The lowest BCUT2D eigenvalue weighted by Crippen LogP contribution is -2.34. The van der Waals surface area contributed by atoms with E-state index < -0.39 is 12.0 Å². The first-order chi connectivity index (χ1) is 8.16. The second-order valence-electron chi connectivity index (χ2n) is 3.69. The van der Waals surface area contributed by atoms with Gasteiger partial charge in [0, 0.05) is 5.39 Å². The Kier molecular flexibility index (Phi) is 3.20. The minimum atomic E-state index is -1.21. The lowest BCUT2D eigenvalue weighted by molar-refractivity contribution is -0.125. The van der Waals surface area contributed by atoms with Crippen molar-refractivity contribution in [3.05, 3.63) is 36.4 Å². The molecule has 0 saturated heterocycles. The molecule has 5 heteroatoms. The molecule has 1 atom stereocenters. The number of nitrogens with one attached hydrogen (secondary N) is 1. The van der Waals surface area contributed by atoms with Gasteiger partial charge in [0.05, 0.1) is 12.1 Å². The van der Waals surface area contributed by atoms with Crippen LogP contribution in [-0.4, -0.2) is 28.6 Å². The van der Waals surface area contributed by atoms with E-state index in [1.165, 1.54) is 0 Å². The highest BCUT2D eigenvalue weighted by atomic mass is 16.3. The molecule has 2 rings (SSSR count).